The van der Waals surface area contributed by atoms with E-state index in [2.05, 4.69) is 68.9 Å². The lowest BCUT2D eigenvalue weighted by atomic mass is 10.1. The predicted molar refractivity (Wildman–Crippen MR) is 200 cm³/mol. The predicted octanol–water partition coefficient (Wildman–Crippen LogP) is 13.0. The van der Waals surface area contributed by atoms with Crippen molar-refractivity contribution in [2.75, 3.05) is 24.8 Å². The average molecular weight is 673 g/mol. The van der Waals surface area contributed by atoms with Gasteiger partial charge in [0.25, 0.3) is 0 Å². The fourth-order valence-electron chi connectivity index (χ4n) is 4.95. The number of nitrogens with zero attached hydrogens (tertiary/aromatic N) is 7. The Morgan fingerprint density at radius 3 is 1.85 bits per heavy atom. The Morgan fingerprint density at radius 1 is 0.708 bits per heavy atom. The third-order valence-electron chi connectivity index (χ3n) is 7.64. The van der Waals surface area contributed by atoms with Crippen molar-refractivity contribution in [1.82, 2.24) is 4.98 Å². The van der Waals surface area contributed by atoms with E-state index in [1.807, 2.05) is 79.0 Å². The Kier molecular flexibility index (Phi) is 11.2. The summed E-state index contributed by atoms with van der Waals surface area (Å²) in [7, 11) is 1.72. The topological polar surface area (TPSA) is 108 Å². The van der Waals surface area contributed by atoms with Gasteiger partial charge in [0.15, 0.2) is 0 Å². The molecular weight excluding hydrogens is 637 g/mol. The van der Waals surface area contributed by atoms with Gasteiger partial charge in [0, 0.05) is 52.7 Å². The van der Waals surface area contributed by atoms with Crippen LogP contribution < -0.4 is 5.32 Å². The van der Waals surface area contributed by atoms with Crippen LogP contribution in [0.4, 0.5) is 39.3 Å². The molecule has 5 aromatic carbocycles. The van der Waals surface area contributed by atoms with Gasteiger partial charge in [0.1, 0.15) is 0 Å². The lowest BCUT2D eigenvalue weighted by Crippen LogP contribution is -2.13. The highest BCUT2D eigenvalue weighted by atomic mass is 32.2. The minimum Gasteiger partial charge on any atom is -0.385 e. The highest BCUT2D eigenvalue weighted by Gasteiger charge is 2.09. The third kappa shape index (κ3) is 8.35. The van der Waals surface area contributed by atoms with Crippen molar-refractivity contribution in [2.45, 2.75) is 36.9 Å². The van der Waals surface area contributed by atoms with E-state index in [1.54, 1.807) is 18.9 Å². The first-order valence-electron chi connectivity index (χ1n) is 15.8. The van der Waals surface area contributed by atoms with Crippen LogP contribution in [0.5, 0.6) is 0 Å². The van der Waals surface area contributed by atoms with Crippen molar-refractivity contribution >= 4 is 83.9 Å². The Morgan fingerprint density at radius 2 is 1.25 bits per heavy atom. The number of ether oxygens (including phenoxy) is 1. The lowest BCUT2D eigenvalue weighted by molar-refractivity contribution is 0.200. The number of aromatic nitrogens is 1. The van der Waals surface area contributed by atoms with Crippen LogP contribution in [0.15, 0.2) is 138 Å². The standard InChI is InChI=1S/C37H36N8OS2/c1-4-25(2)39-32-18-19-34(29-11-6-5-10-28(29)32)43-44-35-21-20-33(30-12-7-8-13-31(30)35)42-40-26-14-16-27(17-15-26)41-45-37-38-24-36(48-37)47-23-9-22-46-3/h5-8,10-21,24-25,39H,4,9,22-23H2,1-3H3. The van der Waals surface area contributed by atoms with Gasteiger partial charge in [0.05, 0.1) is 38.8 Å². The number of benzene rings is 5. The first-order chi connectivity index (χ1) is 23.6. The van der Waals surface area contributed by atoms with Gasteiger partial charge in [-0.1, -0.05) is 66.8 Å². The van der Waals surface area contributed by atoms with Gasteiger partial charge in [-0.05, 0) is 68.3 Å². The largest absolute Gasteiger partial charge is 0.385 e. The number of anilines is 1. The summed E-state index contributed by atoms with van der Waals surface area (Å²) in [5.41, 5.74) is 4.87. The summed E-state index contributed by atoms with van der Waals surface area (Å²) in [6.45, 7) is 5.12. The first kappa shape index (κ1) is 33.1. The molecule has 11 heteroatoms. The summed E-state index contributed by atoms with van der Waals surface area (Å²) in [6.07, 6.45) is 3.88. The molecular formula is C37H36N8OS2. The van der Waals surface area contributed by atoms with E-state index >= 15 is 0 Å². The molecule has 0 saturated heterocycles. The van der Waals surface area contributed by atoms with Crippen molar-refractivity contribution in [1.29, 1.82) is 0 Å². The molecule has 0 fully saturated rings. The van der Waals surface area contributed by atoms with Crippen molar-refractivity contribution in [3.63, 3.8) is 0 Å². The molecule has 0 radical (unpaired) electrons. The zero-order valence-electron chi connectivity index (χ0n) is 27.1. The molecule has 242 valence electrons. The number of thiazole rings is 1. The Balaban J connectivity index is 1.16. The van der Waals surface area contributed by atoms with Gasteiger partial charge in [-0.3, -0.25) is 0 Å². The summed E-state index contributed by atoms with van der Waals surface area (Å²) < 4.78 is 6.22. The molecule has 1 heterocycles. The zero-order valence-corrected chi connectivity index (χ0v) is 28.7. The third-order valence-corrected chi connectivity index (χ3v) is 9.80. The van der Waals surface area contributed by atoms with Crippen LogP contribution >= 0.6 is 23.1 Å². The first-order valence-corrected chi connectivity index (χ1v) is 17.6. The molecule has 0 aliphatic rings. The number of methoxy groups -OCH3 is 1. The number of nitrogens with one attached hydrogen (secondary N) is 1. The van der Waals surface area contributed by atoms with E-state index in [9.17, 15) is 0 Å². The molecule has 0 amide bonds. The quantitative estimate of drug-likeness (QED) is 0.0705. The maximum Gasteiger partial charge on any atom is 0.230 e. The zero-order chi connectivity index (χ0) is 33.1. The van der Waals surface area contributed by atoms with E-state index in [0.29, 0.717) is 22.5 Å². The molecule has 0 aliphatic carbocycles. The number of hydrogen-bond donors (Lipinski definition) is 1. The van der Waals surface area contributed by atoms with E-state index in [-0.39, 0.29) is 0 Å². The van der Waals surface area contributed by atoms with Gasteiger partial charge in [0.2, 0.25) is 5.13 Å². The van der Waals surface area contributed by atoms with E-state index in [1.165, 1.54) is 11.3 Å². The molecule has 9 nitrogen and oxygen atoms in total. The van der Waals surface area contributed by atoms with Crippen LogP contribution in [-0.4, -0.2) is 30.5 Å². The van der Waals surface area contributed by atoms with Crippen molar-refractivity contribution in [3.8, 4) is 0 Å². The second-order valence-electron chi connectivity index (χ2n) is 11.1. The molecule has 6 aromatic rings. The summed E-state index contributed by atoms with van der Waals surface area (Å²) in [5.74, 6) is 0.983. The van der Waals surface area contributed by atoms with Crippen LogP contribution in [0.25, 0.3) is 21.5 Å². The molecule has 0 spiro atoms. The van der Waals surface area contributed by atoms with E-state index in [0.717, 1.165) is 73.7 Å². The summed E-state index contributed by atoms with van der Waals surface area (Å²) in [6, 6.07) is 32.2. The summed E-state index contributed by atoms with van der Waals surface area (Å²) in [4.78, 5) is 4.35. The van der Waals surface area contributed by atoms with Crippen LogP contribution in [0.3, 0.4) is 0 Å². The second-order valence-corrected chi connectivity index (χ2v) is 13.5. The van der Waals surface area contributed by atoms with Crippen molar-refractivity contribution < 1.29 is 4.74 Å². The summed E-state index contributed by atoms with van der Waals surface area (Å²) >= 11 is 3.28. The monoisotopic (exact) mass is 672 g/mol. The van der Waals surface area contributed by atoms with E-state index in [4.69, 9.17) is 15.0 Å². The molecule has 0 saturated carbocycles. The molecule has 48 heavy (non-hydrogen) atoms. The SMILES string of the molecule is CCC(C)Nc1ccc(N=Nc2ccc(N=Nc3ccc(N=Nc4ncc(SCCCOC)s4)cc3)c3ccccc23)c2ccccc12. The highest BCUT2D eigenvalue weighted by Crippen LogP contribution is 2.38. The molecule has 0 aliphatic heterocycles. The number of azo groups is 3. The Labute approximate surface area is 288 Å². The maximum atomic E-state index is 5.10. The molecule has 1 unspecified atom stereocenters. The Bertz CT molecular complexity index is 2070. The number of hydrogen-bond acceptors (Lipinski definition) is 11. The summed E-state index contributed by atoms with van der Waals surface area (Å²) in [5, 5.41) is 35.4. The van der Waals surface area contributed by atoms with Gasteiger partial charge in [-0.2, -0.15) is 5.11 Å². The minimum absolute atomic E-state index is 0.378. The van der Waals surface area contributed by atoms with Gasteiger partial charge < -0.3 is 10.1 Å². The van der Waals surface area contributed by atoms with Gasteiger partial charge in [-0.15, -0.1) is 37.3 Å². The second kappa shape index (κ2) is 16.3. The van der Waals surface area contributed by atoms with Crippen molar-refractivity contribution in [3.05, 3.63) is 103 Å². The number of rotatable bonds is 14. The van der Waals surface area contributed by atoms with Crippen LogP contribution in [0.2, 0.25) is 0 Å². The number of thioether (sulfide) groups is 1. The Hall–Kier alpha value is -4.84. The average Bonchev–Trinajstić information content (AvgIpc) is 3.59. The molecule has 1 N–H and O–H groups in total. The van der Waals surface area contributed by atoms with Crippen LogP contribution in [0.1, 0.15) is 26.7 Å². The minimum atomic E-state index is 0.378. The molecule has 0 bridgehead atoms. The van der Waals surface area contributed by atoms with Crippen molar-refractivity contribution in [2.24, 2.45) is 30.7 Å². The van der Waals surface area contributed by atoms with Gasteiger partial charge in [-0.25, -0.2) is 4.98 Å². The smallest absolute Gasteiger partial charge is 0.230 e. The molecule has 6 rings (SSSR count). The maximum absolute atomic E-state index is 5.10. The van der Waals surface area contributed by atoms with Crippen LogP contribution in [-0.2, 0) is 4.74 Å². The van der Waals surface area contributed by atoms with Gasteiger partial charge >= 0.3 is 0 Å². The number of fused-ring (bicyclic) bond motifs is 2. The molecule has 1 aromatic heterocycles. The van der Waals surface area contributed by atoms with E-state index < -0.39 is 0 Å². The fraction of sp³-hybridized carbons (Fsp3) is 0.216. The fourth-order valence-corrected chi connectivity index (χ4v) is 6.72. The normalized spacial score (nSPS) is 12.6. The van der Waals surface area contributed by atoms with Crippen LogP contribution in [0, 0.1) is 0 Å². The molecule has 1 atom stereocenters. The highest BCUT2D eigenvalue weighted by molar-refractivity contribution is 8.01. The lowest BCUT2D eigenvalue weighted by Gasteiger charge is -2.15.